The van der Waals surface area contributed by atoms with Crippen LogP contribution in [0.3, 0.4) is 0 Å². The van der Waals surface area contributed by atoms with Gasteiger partial charge in [-0.25, -0.2) is 8.42 Å². The molecular weight excluding hydrogens is 324 g/mol. The summed E-state index contributed by atoms with van der Waals surface area (Å²) in [5.74, 6) is -0.830. The number of aryl methyl sites for hydroxylation is 2. The summed E-state index contributed by atoms with van der Waals surface area (Å²) < 4.78 is 37.0. The predicted molar refractivity (Wildman–Crippen MR) is 79.7 cm³/mol. The largest absolute Gasteiger partial charge is 0.497 e. The summed E-state index contributed by atoms with van der Waals surface area (Å²) in [5.41, 5.74) is 0.400. The zero-order chi connectivity index (χ0) is 17.2. The van der Waals surface area contributed by atoms with Crippen LogP contribution in [0.2, 0.25) is 0 Å². The Bertz CT molecular complexity index is 808. The van der Waals surface area contributed by atoms with Crippen LogP contribution < -0.4 is 9.46 Å². The Morgan fingerprint density at radius 1 is 1.39 bits per heavy atom. The fraction of sp³-hybridized carbons (Fsp3) is 0.286. The van der Waals surface area contributed by atoms with Crippen molar-refractivity contribution < 1.29 is 27.6 Å². The molecule has 23 heavy (non-hydrogen) atoms. The number of nitrogens with zero attached hydrogens (tertiary/aromatic N) is 1. The minimum Gasteiger partial charge on any atom is -0.497 e. The van der Waals surface area contributed by atoms with E-state index in [1.165, 1.54) is 33.1 Å². The SMILES string of the molecule is COc1cccc(C(NS(=O)(=O)c2c(C)noc2C)C(=O)O)c1. The number of nitrogens with one attached hydrogen (secondary N) is 1. The van der Waals surface area contributed by atoms with Crippen LogP contribution in [0, 0.1) is 13.8 Å². The zero-order valence-electron chi connectivity index (χ0n) is 12.7. The van der Waals surface area contributed by atoms with Crippen LogP contribution >= 0.6 is 0 Å². The summed E-state index contributed by atoms with van der Waals surface area (Å²) in [7, 11) is -2.68. The normalized spacial score (nSPS) is 12.8. The summed E-state index contributed by atoms with van der Waals surface area (Å²) in [5, 5.41) is 13.0. The van der Waals surface area contributed by atoms with E-state index in [0.29, 0.717) is 5.75 Å². The molecule has 2 aromatic rings. The van der Waals surface area contributed by atoms with E-state index in [4.69, 9.17) is 9.26 Å². The van der Waals surface area contributed by atoms with Crippen molar-refractivity contribution in [2.45, 2.75) is 24.8 Å². The maximum absolute atomic E-state index is 12.5. The molecule has 1 aromatic carbocycles. The van der Waals surface area contributed by atoms with Gasteiger partial charge in [-0.3, -0.25) is 4.79 Å². The van der Waals surface area contributed by atoms with Crippen molar-refractivity contribution in [3.63, 3.8) is 0 Å². The third kappa shape index (κ3) is 3.51. The Morgan fingerprint density at radius 3 is 2.61 bits per heavy atom. The van der Waals surface area contributed by atoms with Crippen molar-refractivity contribution in [2.24, 2.45) is 0 Å². The number of benzene rings is 1. The minimum atomic E-state index is -4.12. The van der Waals surface area contributed by atoms with Gasteiger partial charge in [0.2, 0.25) is 10.0 Å². The van der Waals surface area contributed by atoms with Crippen LogP contribution in [0.4, 0.5) is 0 Å². The van der Waals surface area contributed by atoms with Gasteiger partial charge in [-0.1, -0.05) is 17.3 Å². The van der Waals surface area contributed by atoms with Gasteiger partial charge in [-0.2, -0.15) is 4.72 Å². The maximum atomic E-state index is 12.5. The number of ether oxygens (including phenoxy) is 1. The van der Waals surface area contributed by atoms with E-state index < -0.39 is 22.0 Å². The van der Waals surface area contributed by atoms with Crippen molar-refractivity contribution in [3.05, 3.63) is 41.3 Å². The molecule has 0 bridgehead atoms. The molecule has 0 radical (unpaired) electrons. The first-order chi connectivity index (χ1) is 10.8. The maximum Gasteiger partial charge on any atom is 0.326 e. The molecule has 9 heteroatoms. The number of aliphatic carboxylic acids is 1. The molecule has 0 spiro atoms. The summed E-state index contributed by atoms with van der Waals surface area (Å²) in [6, 6.07) is 4.69. The molecule has 0 saturated carbocycles. The quantitative estimate of drug-likeness (QED) is 0.816. The van der Waals surface area contributed by atoms with Gasteiger partial charge >= 0.3 is 5.97 Å². The van der Waals surface area contributed by atoms with Crippen molar-refractivity contribution in [3.8, 4) is 5.75 Å². The fourth-order valence-electron chi connectivity index (χ4n) is 2.15. The van der Waals surface area contributed by atoms with E-state index in [9.17, 15) is 18.3 Å². The molecule has 0 aliphatic heterocycles. The van der Waals surface area contributed by atoms with E-state index >= 15 is 0 Å². The highest BCUT2D eigenvalue weighted by atomic mass is 32.2. The lowest BCUT2D eigenvalue weighted by Gasteiger charge is -2.15. The average Bonchev–Trinajstić information content (AvgIpc) is 2.84. The molecule has 1 atom stereocenters. The Balaban J connectivity index is 2.42. The second kappa shape index (κ2) is 6.39. The molecule has 0 amide bonds. The van der Waals surface area contributed by atoms with Gasteiger partial charge in [-0.05, 0) is 31.5 Å². The van der Waals surface area contributed by atoms with Crippen molar-refractivity contribution in [1.29, 1.82) is 0 Å². The van der Waals surface area contributed by atoms with Gasteiger partial charge in [0.05, 0.1) is 7.11 Å². The molecule has 0 aliphatic carbocycles. The van der Waals surface area contributed by atoms with Gasteiger partial charge in [0, 0.05) is 0 Å². The van der Waals surface area contributed by atoms with Gasteiger partial charge in [0.1, 0.15) is 22.4 Å². The Kier molecular flexibility index (Phi) is 4.71. The first-order valence-corrected chi connectivity index (χ1v) is 8.06. The third-order valence-electron chi connectivity index (χ3n) is 3.18. The summed E-state index contributed by atoms with van der Waals surface area (Å²) >= 11 is 0. The Hall–Kier alpha value is -2.39. The predicted octanol–water partition coefficient (Wildman–Crippen LogP) is 1.40. The molecule has 8 nitrogen and oxygen atoms in total. The fourth-order valence-corrected chi connectivity index (χ4v) is 3.66. The molecule has 124 valence electrons. The van der Waals surface area contributed by atoms with Crippen LogP contribution in [0.5, 0.6) is 5.75 Å². The summed E-state index contributed by atoms with van der Waals surface area (Å²) in [6.07, 6.45) is 0. The molecule has 0 saturated heterocycles. The number of rotatable bonds is 6. The minimum absolute atomic E-state index is 0.0878. The number of carboxylic acid groups (broad SMARTS) is 1. The highest BCUT2D eigenvalue weighted by Crippen LogP contribution is 2.24. The highest BCUT2D eigenvalue weighted by Gasteiger charge is 2.31. The van der Waals surface area contributed by atoms with Gasteiger partial charge in [-0.15, -0.1) is 0 Å². The Labute approximate surface area is 133 Å². The smallest absolute Gasteiger partial charge is 0.326 e. The number of carboxylic acids is 1. The first-order valence-electron chi connectivity index (χ1n) is 6.58. The van der Waals surface area contributed by atoms with Crippen LogP contribution in [0.25, 0.3) is 0 Å². The van der Waals surface area contributed by atoms with Crippen LogP contribution in [-0.4, -0.2) is 31.8 Å². The van der Waals surface area contributed by atoms with Crippen molar-refractivity contribution >= 4 is 16.0 Å². The number of carbonyl (C=O) groups is 1. The lowest BCUT2D eigenvalue weighted by atomic mass is 10.1. The molecular formula is C14H16N2O6S. The standard InChI is InChI=1S/C14H16N2O6S/c1-8-13(9(2)22-15-8)23(19,20)16-12(14(17)18)10-5-4-6-11(7-10)21-3/h4-7,12,16H,1-3H3,(H,17,18). The molecule has 0 fully saturated rings. The third-order valence-corrected chi connectivity index (χ3v) is 4.85. The number of aromatic nitrogens is 1. The van der Waals surface area contributed by atoms with Crippen LogP contribution in [-0.2, 0) is 14.8 Å². The zero-order valence-corrected chi connectivity index (χ0v) is 13.5. The molecule has 1 unspecified atom stereocenters. The van der Waals surface area contributed by atoms with Crippen molar-refractivity contribution in [2.75, 3.05) is 7.11 Å². The lowest BCUT2D eigenvalue weighted by Crippen LogP contribution is -2.34. The highest BCUT2D eigenvalue weighted by molar-refractivity contribution is 7.89. The van der Waals surface area contributed by atoms with E-state index in [1.807, 2.05) is 0 Å². The molecule has 1 aromatic heterocycles. The summed E-state index contributed by atoms with van der Waals surface area (Å²) in [4.78, 5) is 11.3. The molecule has 1 heterocycles. The average molecular weight is 340 g/mol. The topological polar surface area (TPSA) is 119 Å². The number of hydrogen-bond donors (Lipinski definition) is 2. The summed E-state index contributed by atoms with van der Waals surface area (Å²) in [6.45, 7) is 2.91. The molecule has 2 N–H and O–H groups in total. The second-order valence-corrected chi connectivity index (χ2v) is 6.47. The van der Waals surface area contributed by atoms with Crippen LogP contribution in [0.1, 0.15) is 23.1 Å². The number of sulfonamides is 1. The van der Waals surface area contributed by atoms with E-state index in [-0.39, 0.29) is 21.9 Å². The van der Waals surface area contributed by atoms with E-state index in [2.05, 4.69) is 9.88 Å². The number of methoxy groups -OCH3 is 1. The first kappa shape index (κ1) is 17.0. The van der Waals surface area contributed by atoms with Crippen LogP contribution in [0.15, 0.2) is 33.7 Å². The van der Waals surface area contributed by atoms with E-state index in [1.54, 1.807) is 12.1 Å². The van der Waals surface area contributed by atoms with Gasteiger partial charge < -0.3 is 14.4 Å². The monoisotopic (exact) mass is 340 g/mol. The number of hydrogen-bond acceptors (Lipinski definition) is 6. The van der Waals surface area contributed by atoms with Gasteiger partial charge in [0.15, 0.2) is 5.76 Å². The molecule has 0 aliphatic rings. The van der Waals surface area contributed by atoms with E-state index in [0.717, 1.165) is 0 Å². The van der Waals surface area contributed by atoms with Crippen molar-refractivity contribution in [1.82, 2.24) is 9.88 Å². The molecule has 2 rings (SSSR count). The second-order valence-electron chi connectivity index (χ2n) is 4.82. The van der Waals surface area contributed by atoms with Gasteiger partial charge in [0.25, 0.3) is 0 Å². The Morgan fingerprint density at radius 2 is 2.09 bits per heavy atom. The lowest BCUT2D eigenvalue weighted by molar-refractivity contribution is -0.139.